The number of amides is 1. The van der Waals surface area contributed by atoms with E-state index in [1.54, 1.807) is 20.8 Å². The molecule has 1 saturated heterocycles. The third-order valence-corrected chi connectivity index (χ3v) is 5.39. The third kappa shape index (κ3) is 4.33. The fourth-order valence-electron chi connectivity index (χ4n) is 2.70. The maximum atomic E-state index is 12.5. The molecule has 0 aromatic heterocycles. The van der Waals surface area contributed by atoms with E-state index in [0.29, 0.717) is 4.90 Å². The quantitative estimate of drug-likeness (QED) is 0.213. The molecule has 2 rings (SSSR count). The smallest absolute Gasteiger partial charge is 0.543 e. The van der Waals surface area contributed by atoms with E-state index in [-0.39, 0.29) is 40.7 Å². The molecule has 132 valence electrons. The summed E-state index contributed by atoms with van der Waals surface area (Å²) in [5.74, 6) is -3.68. The van der Waals surface area contributed by atoms with Crippen LogP contribution < -0.4 is 34.7 Å². The van der Waals surface area contributed by atoms with E-state index in [0.717, 1.165) is 6.92 Å². The van der Waals surface area contributed by atoms with Crippen LogP contribution in [0.3, 0.4) is 0 Å². The molecule has 1 fully saturated rings. The summed E-state index contributed by atoms with van der Waals surface area (Å²) in [4.78, 5) is 35.4. The number of allylic oxidation sites excluding steroid dienone is 1. The number of sulfone groups is 1. The van der Waals surface area contributed by atoms with Gasteiger partial charge in [-0.3, -0.25) is 14.5 Å². The summed E-state index contributed by atoms with van der Waals surface area (Å²) >= 11 is 0. The van der Waals surface area contributed by atoms with Crippen LogP contribution >= 0.6 is 0 Å². The van der Waals surface area contributed by atoms with Crippen LogP contribution in [-0.4, -0.2) is 48.9 Å². The van der Waals surface area contributed by atoms with Crippen LogP contribution in [0.4, 0.5) is 0 Å². The number of carbonyl (C=O) groups is 3. The van der Waals surface area contributed by atoms with Crippen LogP contribution in [0, 0.1) is 5.41 Å². The van der Waals surface area contributed by atoms with E-state index in [9.17, 15) is 27.9 Å². The molecule has 1 amide bonds. The first-order valence-electron chi connectivity index (χ1n) is 7.20. The number of esters is 1. The second-order valence-electron chi connectivity index (χ2n) is 6.82. The fraction of sp³-hybridized carbons (Fsp3) is 0.533. The topological polar surface area (TPSA) is 121 Å². The van der Waals surface area contributed by atoms with Crippen molar-refractivity contribution >= 4 is 27.7 Å². The van der Waals surface area contributed by atoms with Crippen molar-refractivity contribution in [1.29, 1.82) is 0 Å². The molecular formula is C15H18NNaO7S. The van der Waals surface area contributed by atoms with Gasteiger partial charge in [-0.2, -0.15) is 0 Å². The van der Waals surface area contributed by atoms with Crippen LogP contribution in [0.2, 0.25) is 0 Å². The molecule has 0 radical (unpaired) electrons. The van der Waals surface area contributed by atoms with Crippen LogP contribution in [0.5, 0.6) is 0 Å². The minimum atomic E-state index is -3.85. The zero-order chi connectivity index (χ0) is 18.4. The molecule has 0 aliphatic carbocycles. The van der Waals surface area contributed by atoms with Crippen molar-refractivity contribution in [3.8, 4) is 0 Å². The Kier molecular flexibility index (Phi) is 6.32. The number of carboxylic acids is 1. The zero-order valence-corrected chi connectivity index (χ0v) is 17.6. The Morgan fingerprint density at radius 2 is 1.92 bits per heavy atom. The second kappa shape index (κ2) is 7.22. The van der Waals surface area contributed by atoms with E-state index in [2.05, 4.69) is 0 Å². The van der Waals surface area contributed by atoms with Gasteiger partial charge in [0.25, 0.3) is 5.91 Å². The summed E-state index contributed by atoms with van der Waals surface area (Å²) in [6.45, 7) is 5.98. The minimum Gasteiger partial charge on any atom is -0.543 e. The molecule has 0 aromatic carbocycles. The SMILES string of the molecule is CC(=O)OCC1=C(C(=O)[O-])N2C(=O)/C(=C/C(C)(C)C)[C@H]2S(=O)(=O)C1.[Na+]. The van der Waals surface area contributed by atoms with E-state index in [4.69, 9.17) is 4.74 Å². The van der Waals surface area contributed by atoms with Crippen molar-refractivity contribution in [2.45, 2.75) is 33.1 Å². The first-order chi connectivity index (χ1) is 10.8. The molecule has 0 bridgehead atoms. The predicted octanol–water partition coefficient (Wildman–Crippen LogP) is -3.87. The van der Waals surface area contributed by atoms with Gasteiger partial charge in [0.2, 0.25) is 0 Å². The molecule has 2 aliphatic heterocycles. The van der Waals surface area contributed by atoms with Gasteiger partial charge in [-0.25, -0.2) is 8.42 Å². The normalized spacial score (nSPS) is 23.5. The van der Waals surface area contributed by atoms with Gasteiger partial charge in [-0.15, -0.1) is 0 Å². The minimum absolute atomic E-state index is 0. The Morgan fingerprint density at radius 3 is 2.36 bits per heavy atom. The largest absolute Gasteiger partial charge is 1.00 e. The summed E-state index contributed by atoms with van der Waals surface area (Å²) in [7, 11) is -3.85. The molecule has 10 heteroatoms. The Morgan fingerprint density at radius 1 is 1.36 bits per heavy atom. The first kappa shape index (κ1) is 21.9. The summed E-state index contributed by atoms with van der Waals surface area (Å²) in [6, 6.07) is 0. The molecule has 0 spiro atoms. The number of β-lactam (4-membered cyclic amide) rings is 1. The summed E-state index contributed by atoms with van der Waals surface area (Å²) < 4.78 is 29.7. The van der Waals surface area contributed by atoms with Crippen molar-refractivity contribution in [2.24, 2.45) is 5.41 Å². The maximum Gasteiger partial charge on any atom is 1.00 e. The van der Waals surface area contributed by atoms with Gasteiger partial charge in [0.15, 0.2) is 15.2 Å². The van der Waals surface area contributed by atoms with Crippen LogP contribution in [0.1, 0.15) is 27.7 Å². The Balaban J connectivity index is 0.00000312. The van der Waals surface area contributed by atoms with E-state index >= 15 is 0 Å². The first-order valence-corrected chi connectivity index (χ1v) is 8.91. The van der Waals surface area contributed by atoms with Gasteiger partial charge in [-0.1, -0.05) is 26.8 Å². The molecule has 25 heavy (non-hydrogen) atoms. The van der Waals surface area contributed by atoms with Crippen molar-refractivity contribution in [3.05, 3.63) is 22.9 Å². The molecule has 8 nitrogen and oxygen atoms in total. The third-order valence-electron chi connectivity index (χ3n) is 3.49. The van der Waals surface area contributed by atoms with Gasteiger partial charge in [0, 0.05) is 12.5 Å². The summed E-state index contributed by atoms with van der Waals surface area (Å²) in [5, 5.41) is 10.1. The van der Waals surface area contributed by atoms with Gasteiger partial charge in [0.1, 0.15) is 6.61 Å². The zero-order valence-electron chi connectivity index (χ0n) is 14.8. The predicted molar refractivity (Wildman–Crippen MR) is 80.6 cm³/mol. The summed E-state index contributed by atoms with van der Waals surface area (Å²) in [6.07, 6.45) is 1.53. The Labute approximate surface area is 168 Å². The molecule has 1 atom stereocenters. The number of ether oxygens (including phenoxy) is 1. The fourth-order valence-corrected chi connectivity index (χ4v) is 4.64. The number of nitrogens with zero attached hydrogens (tertiary/aromatic N) is 1. The van der Waals surface area contributed by atoms with E-state index in [1.165, 1.54) is 6.08 Å². The number of hydrogen-bond donors (Lipinski definition) is 0. The molecule has 0 saturated carbocycles. The molecule has 2 heterocycles. The van der Waals surface area contributed by atoms with Crippen molar-refractivity contribution in [3.63, 3.8) is 0 Å². The average molecular weight is 379 g/mol. The second-order valence-corrected chi connectivity index (χ2v) is 8.88. The van der Waals surface area contributed by atoms with Crippen molar-refractivity contribution in [1.82, 2.24) is 4.90 Å². The number of carbonyl (C=O) groups excluding carboxylic acids is 3. The molecule has 2 aliphatic rings. The monoisotopic (exact) mass is 379 g/mol. The summed E-state index contributed by atoms with van der Waals surface area (Å²) in [5.41, 5.74) is -1.11. The Hall–Kier alpha value is -1.16. The molecule has 0 unspecified atom stereocenters. The molecule has 0 aromatic rings. The van der Waals surface area contributed by atoms with Gasteiger partial charge < -0.3 is 14.6 Å². The number of hydrogen-bond acceptors (Lipinski definition) is 7. The molecule has 0 N–H and O–H groups in total. The molecular weight excluding hydrogens is 361 g/mol. The number of fused-ring (bicyclic) bond motifs is 1. The Bertz CT molecular complexity index is 789. The maximum absolute atomic E-state index is 12.5. The van der Waals surface area contributed by atoms with Crippen LogP contribution in [0.25, 0.3) is 0 Å². The van der Waals surface area contributed by atoms with Crippen LogP contribution in [-0.2, 0) is 29.0 Å². The number of carboxylic acid groups (broad SMARTS) is 1. The van der Waals surface area contributed by atoms with Gasteiger partial charge in [0.05, 0.1) is 23.0 Å². The van der Waals surface area contributed by atoms with Crippen molar-refractivity contribution in [2.75, 3.05) is 12.4 Å². The van der Waals surface area contributed by atoms with Crippen LogP contribution in [0.15, 0.2) is 22.9 Å². The van der Waals surface area contributed by atoms with Gasteiger partial charge in [-0.05, 0) is 5.41 Å². The number of aliphatic carboxylic acids is 1. The number of rotatable bonds is 3. The van der Waals surface area contributed by atoms with Crippen molar-refractivity contribution < 1.29 is 62.2 Å². The van der Waals surface area contributed by atoms with E-state index < -0.39 is 56.5 Å². The van der Waals surface area contributed by atoms with Gasteiger partial charge >= 0.3 is 35.5 Å². The standard InChI is InChI=1S/C15H19NO7S.Na/c1-8(17)23-6-9-7-24(21,22)13-10(5-15(2,3)4)12(18)16(13)11(9)14(19)20;/h5,13H,6-7H2,1-4H3,(H,19,20);/q;+1/p-1/b10-5-;/t13-;/m1./s1. The van der Waals surface area contributed by atoms with E-state index in [1.807, 2.05) is 0 Å². The average Bonchev–Trinajstić information content (AvgIpc) is 2.39.